The molecule has 1 aliphatic heterocycles. The number of ether oxygens (including phenoxy) is 1. The third-order valence-corrected chi connectivity index (χ3v) is 4.75. The second-order valence-electron chi connectivity index (χ2n) is 6.50. The lowest BCUT2D eigenvalue weighted by atomic mass is 9.86. The first-order chi connectivity index (χ1) is 10.9. The van der Waals surface area contributed by atoms with Crippen LogP contribution < -0.4 is 5.32 Å². The summed E-state index contributed by atoms with van der Waals surface area (Å²) >= 11 is 0. The number of nitrogens with zero attached hydrogens (tertiary/aromatic N) is 1. The summed E-state index contributed by atoms with van der Waals surface area (Å²) in [4.78, 5) is 27.1. The molecule has 5 heteroatoms. The van der Waals surface area contributed by atoms with Crippen molar-refractivity contribution in [3.63, 3.8) is 0 Å². The third-order valence-electron chi connectivity index (χ3n) is 4.75. The molecule has 0 spiro atoms. The van der Waals surface area contributed by atoms with Crippen molar-refractivity contribution in [2.75, 3.05) is 27.2 Å². The summed E-state index contributed by atoms with van der Waals surface area (Å²) in [6, 6.07) is 7.90. The van der Waals surface area contributed by atoms with Crippen molar-refractivity contribution in [1.82, 2.24) is 10.2 Å². The van der Waals surface area contributed by atoms with E-state index in [0.717, 1.165) is 24.2 Å². The molecule has 1 N–H and O–H groups in total. The Morgan fingerprint density at radius 3 is 2.30 bits per heavy atom. The number of aryl methyl sites for hydroxylation is 1. The monoisotopic (exact) mass is 318 g/mol. The molecule has 0 aromatic heterocycles. The van der Waals surface area contributed by atoms with Crippen LogP contribution in [0, 0.1) is 6.92 Å². The van der Waals surface area contributed by atoms with Crippen molar-refractivity contribution in [3.8, 4) is 0 Å². The van der Waals surface area contributed by atoms with Crippen LogP contribution in [0.4, 0.5) is 0 Å². The van der Waals surface area contributed by atoms with E-state index in [4.69, 9.17) is 4.74 Å². The normalized spacial score (nSPS) is 19.0. The van der Waals surface area contributed by atoms with E-state index in [1.165, 1.54) is 7.11 Å². The van der Waals surface area contributed by atoms with E-state index in [1.54, 1.807) is 0 Å². The summed E-state index contributed by atoms with van der Waals surface area (Å²) in [7, 11) is 3.38. The van der Waals surface area contributed by atoms with Crippen molar-refractivity contribution in [2.24, 2.45) is 0 Å². The summed E-state index contributed by atoms with van der Waals surface area (Å²) in [6.07, 6.45) is 1.14. The molecule has 1 saturated heterocycles. The van der Waals surface area contributed by atoms with Gasteiger partial charge in [-0.15, -0.1) is 0 Å². The highest BCUT2D eigenvalue weighted by molar-refractivity contribution is 5.91. The lowest BCUT2D eigenvalue weighted by molar-refractivity contribution is -0.153. The van der Waals surface area contributed by atoms with Gasteiger partial charge in [0, 0.05) is 13.1 Å². The fraction of sp³-hybridized carbons (Fsp3) is 0.556. The molecule has 1 aromatic rings. The van der Waals surface area contributed by atoms with Crippen LogP contribution >= 0.6 is 0 Å². The highest BCUT2D eigenvalue weighted by Gasteiger charge is 2.43. The minimum Gasteiger partial charge on any atom is -0.467 e. The number of nitrogens with one attached hydrogen (secondary N) is 1. The van der Waals surface area contributed by atoms with Crippen molar-refractivity contribution >= 4 is 11.9 Å². The number of methoxy groups -OCH3 is 1. The maximum atomic E-state index is 12.7. The van der Waals surface area contributed by atoms with Crippen LogP contribution in [0.15, 0.2) is 24.3 Å². The molecule has 1 aromatic carbocycles. The van der Waals surface area contributed by atoms with Gasteiger partial charge in [-0.2, -0.15) is 0 Å². The number of carbonyl (C=O) groups excluding carboxylic acids is 2. The zero-order chi connectivity index (χ0) is 17.0. The zero-order valence-electron chi connectivity index (χ0n) is 14.4. The standard InChI is InChI=1S/C18H26N2O3/c1-13-5-7-15(8-6-13)14(2)16(21)19-18(17(22)23-4)9-11-20(3)12-10-18/h5-8,14H,9-12H2,1-4H3,(H,19,21). The second-order valence-corrected chi connectivity index (χ2v) is 6.50. The molecule has 0 bridgehead atoms. The van der Waals surface area contributed by atoms with E-state index < -0.39 is 5.54 Å². The Hall–Kier alpha value is -1.88. The lowest BCUT2D eigenvalue weighted by Crippen LogP contribution is -2.60. The van der Waals surface area contributed by atoms with E-state index in [9.17, 15) is 9.59 Å². The van der Waals surface area contributed by atoms with Gasteiger partial charge in [-0.3, -0.25) is 4.79 Å². The van der Waals surface area contributed by atoms with E-state index in [-0.39, 0.29) is 17.8 Å². The Morgan fingerprint density at radius 1 is 1.22 bits per heavy atom. The number of esters is 1. The quantitative estimate of drug-likeness (QED) is 0.861. The van der Waals surface area contributed by atoms with Crippen LogP contribution in [0.3, 0.4) is 0 Å². The number of carbonyl (C=O) groups is 2. The van der Waals surface area contributed by atoms with Gasteiger partial charge in [-0.05, 0) is 39.3 Å². The summed E-state index contributed by atoms with van der Waals surface area (Å²) in [5.41, 5.74) is 1.20. The SMILES string of the molecule is COC(=O)C1(NC(=O)C(C)c2ccc(C)cc2)CCN(C)CC1. The zero-order valence-corrected chi connectivity index (χ0v) is 14.4. The van der Waals surface area contributed by atoms with Crippen molar-refractivity contribution < 1.29 is 14.3 Å². The molecular formula is C18H26N2O3. The van der Waals surface area contributed by atoms with E-state index in [1.807, 2.05) is 45.2 Å². The molecule has 1 fully saturated rings. The van der Waals surface area contributed by atoms with Crippen LogP contribution in [-0.2, 0) is 14.3 Å². The number of hydrogen-bond acceptors (Lipinski definition) is 4. The smallest absolute Gasteiger partial charge is 0.331 e. The fourth-order valence-electron chi connectivity index (χ4n) is 2.93. The molecule has 5 nitrogen and oxygen atoms in total. The topological polar surface area (TPSA) is 58.6 Å². The van der Waals surface area contributed by atoms with Gasteiger partial charge in [0.25, 0.3) is 0 Å². The summed E-state index contributed by atoms with van der Waals surface area (Å²) in [6.45, 7) is 5.39. The van der Waals surface area contributed by atoms with Gasteiger partial charge >= 0.3 is 5.97 Å². The van der Waals surface area contributed by atoms with Gasteiger partial charge in [-0.25, -0.2) is 4.79 Å². The second kappa shape index (κ2) is 7.13. The van der Waals surface area contributed by atoms with Gasteiger partial charge in [-0.1, -0.05) is 29.8 Å². The molecule has 0 aliphatic carbocycles. The largest absolute Gasteiger partial charge is 0.467 e. The molecule has 1 amide bonds. The number of hydrogen-bond donors (Lipinski definition) is 1. The summed E-state index contributed by atoms with van der Waals surface area (Å²) in [5, 5.41) is 2.98. The van der Waals surface area contributed by atoms with E-state index in [2.05, 4.69) is 10.2 Å². The minimum absolute atomic E-state index is 0.135. The molecule has 2 rings (SSSR count). The van der Waals surface area contributed by atoms with Crippen LogP contribution in [0.2, 0.25) is 0 Å². The Bertz CT molecular complexity index is 560. The predicted molar refractivity (Wildman–Crippen MR) is 89.2 cm³/mol. The van der Waals surface area contributed by atoms with Crippen LogP contribution in [-0.4, -0.2) is 49.6 Å². The minimum atomic E-state index is -0.905. The average molecular weight is 318 g/mol. The van der Waals surface area contributed by atoms with Gasteiger partial charge < -0.3 is 15.0 Å². The van der Waals surface area contributed by atoms with Gasteiger partial charge in [0.2, 0.25) is 5.91 Å². The van der Waals surface area contributed by atoms with Crippen molar-refractivity contribution in [1.29, 1.82) is 0 Å². The molecule has 1 heterocycles. The van der Waals surface area contributed by atoms with Crippen LogP contribution in [0.5, 0.6) is 0 Å². The molecule has 1 unspecified atom stereocenters. The Kier molecular flexibility index (Phi) is 5.42. The number of amides is 1. The highest BCUT2D eigenvalue weighted by atomic mass is 16.5. The first-order valence-electron chi connectivity index (χ1n) is 8.03. The number of piperidine rings is 1. The Labute approximate surface area is 138 Å². The average Bonchev–Trinajstić information content (AvgIpc) is 2.56. The van der Waals surface area contributed by atoms with E-state index >= 15 is 0 Å². The van der Waals surface area contributed by atoms with Crippen molar-refractivity contribution in [2.45, 2.75) is 38.1 Å². The molecular weight excluding hydrogens is 292 g/mol. The van der Waals surface area contributed by atoms with Crippen LogP contribution in [0.1, 0.15) is 36.8 Å². The first kappa shape index (κ1) is 17.5. The summed E-state index contributed by atoms with van der Waals surface area (Å²) < 4.78 is 4.96. The predicted octanol–water partition coefficient (Wildman–Crippen LogP) is 1.85. The van der Waals surface area contributed by atoms with Gasteiger partial charge in [0.1, 0.15) is 5.54 Å². The van der Waals surface area contributed by atoms with E-state index in [0.29, 0.717) is 12.8 Å². The maximum absolute atomic E-state index is 12.7. The molecule has 126 valence electrons. The maximum Gasteiger partial charge on any atom is 0.331 e. The highest BCUT2D eigenvalue weighted by Crippen LogP contribution is 2.25. The molecule has 1 atom stereocenters. The number of rotatable bonds is 4. The molecule has 0 saturated carbocycles. The number of likely N-dealkylation sites (tertiary alicyclic amines) is 1. The van der Waals surface area contributed by atoms with Gasteiger partial charge in [0.15, 0.2) is 0 Å². The lowest BCUT2D eigenvalue weighted by Gasteiger charge is -2.39. The van der Waals surface area contributed by atoms with Gasteiger partial charge in [0.05, 0.1) is 13.0 Å². The fourth-order valence-corrected chi connectivity index (χ4v) is 2.93. The van der Waals surface area contributed by atoms with Crippen molar-refractivity contribution in [3.05, 3.63) is 35.4 Å². The van der Waals surface area contributed by atoms with Crippen LogP contribution in [0.25, 0.3) is 0 Å². The molecule has 1 aliphatic rings. The third kappa shape index (κ3) is 3.91. The molecule has 0 radical (unpaired) electrons. The first-order valence-corrected chi connectivity index (χ1v) is 8.03. The number of benzene rings is 1. The summed E-state index contributed by atoms with van der Waals surface area (Å²) in [5.74, 6) is -0.796. The Balaban J connectivity index is 2.14. The Morgan fingerprint density at radius 2 is 1.78 bits per heavy atom. The molecule has 23 heavy (non-hydrogen) atoms.